The van der Waals surface area contributed by atoms with Crippen LogP contribution in [-0.2, 0) is 6.54 Å². The average Bonchev–Trinajstić information content (AvgIpc) is 3.13. The maximum atomic E-state index is 13.5. The molecule has 5 nitrogen and oxygen atoms in total. The summed E-state index contributed by atoms with van der Waals surface area (Å²) in [5.41, 5.74) is 9.00. The number of halogens is 1. The van der Waals surface area contributed by atoms with Crippen LogP contribution in [0.25, 0.3) is 0 Å². The molecule has 148 valence electrons. The van der Waals surface area contributed by atoms with Crippen molar-refractivity contribution in [3.8, 4) is 0 Å². The summed E-state index contributed by atoms with van der Waals surface area (Å²) in [5.74, 6) is -0.0702. The van der Waals surface area contributed by atoms with Crippen LogP contribution in [0.5, 0.6) is 0 Å². The zero-order chi connectivity index (χ0) is 19.7. The molecule has 0 bridgehead atoms. The Morgan fingerprint density at radius 2 is 1.93 bits per heavy atom. The monoisotopic (exact) mass is 398 g/mol. The standard InChI is InChI=1S/C22H27ClN4O/c1-25-13-16-6-2-3-7-21(16)27(15-18(25)14-26-10-4-5-11-26)22(28)19-9-8-17(24)12-20(19)23/h2-3,6-9,12,18H,4-5,10-11,13-15,24H2,1H3. The Morgan fingerprint density at radius 1 is 1.18 bits per heavy atom. The number of benzene rings is 2. The number of carbonyl (C=O) groups excluding carboxylic acids is 1. The molecule has 2 aliphatic heterocycles. The third-order valence-corrected chi connectivity index (χ3v) is 6.17. The Kier molecular flexibility index (Phi) is 5.58. The van der Waals surface area contributed by atoms with E-state index in [-0.39, 0.29) is 11.9 Å². The summed E-state index contributed by atoms with van der Waals surface area (Å²) < 4.78 is 0. The minimum absolute atomic E-state index is 0.0702. The Bertz CT molecular complexity index is 865. The van der Waals surface area contributed by atoms with E-state index in [4.69, 9.17) is 17.3 Å². The highest BCUT2D eigenvalue weighted by Gasteiger charge is 2.31. The van der Waals surface area contributed by atoms with Gasteiger partial charge in [0.2, 0.25) is 0 Å². The number of nitrogens with zero attached hydrogens (tertiary/aromatic N) is 3. The van der Waals surface area contributed by atoms with E-state index < -0.39 is 0 Å². The second kappa shape index (κ2) is 8.11. The number of amides is 1. The molecule has 0 aliphatic carbocycles. The summed E-state index contributed by atoms with van der Waals surface area (Å²) in [4.78, 5) is 20.3. The molecule has 0 spiro atoms. The highest BCUT2D eigenvalue weighted by atomic mass is 35.5. The van der Waals surface area contributed by atoms with Crippen LogP contribution in [0.15, 0.2) is 42.5 Å². The SMILES string of the molecule is CN1Cc2ccccc2N(C(=O)c2ccc(N)cc2Cl)CC1CN1CCCC1. The molecule has 2 N–H and O–H groups in total. The molecule has 2 heterocycles. The van der Waals surface area contributed by atoms with Crippen molar-refractivity contribution in [2.75, 3.05) is 43.9 Å². The number of hydrogen-bond acceptors (Lipinski definition) is 4. The van der Waals surface area contributed by atoms with Crippen LogP contribution < -0.4 is 10.6 Å². The molecule has 0 aromatic heterocycles. The van der Waals surface area contributed by atoms with E-state index in [0.29, 0.717) is 22.8 Å². The van der Waals surface area contributed by atoms with Crippen molar-refractivity contribution in [1.29, 1.82) is 0 Å². The Morgan fingerprint density at radius 3 is 2.68 bits per heavy atom. The van der Waals surface area contributed by atoms with E-state index in [0.717, 1.165) is 37.4 Å². The van der Waals surface area contributed by atoms with Gasteiger partial charge in [-0.15, -0.1) is 0 Å². The molecule has 1 fully saturated rings. The lowest BCUT2D eigenvalue weighted by Gasteiger charge is -2.32. The molecule has 28 heavy (non-hydrogen) atoms. The minimum Gasteiger partial charge on any atom is -0.399 e. The lowest BCUT2D eigenvalue weighted by atomic mass is 10.1. The molecule has 4 rings (SSSR count). The minimum atomic E-state index is -0.0702. The molecular weight excluding hydrogens is 372 g/mol. The van der Waals surface area contributed by atoms with Gasteiger partial charge in [-0.2, -0.15) is 0 Å². The Hall–Kier alpha value is -2.08. The fourth-order valence-corrected chi connectivity index (χ4v) is 4.53. The van der Waals surface area contributed by atoms with E-state index in [1.165, 1.54) is 12.8 Å². The van der Waals surface area contributed by atoms with E-state index in [1.807, 2.05) is 23.1 Å². The topological polar surface area (TPSA) is 52.8 Å². The first-order chi connectivity index (χ1) is 13.5. The van der Waals surface area contributed by atoms with Crippen molar-refractivity contribution in [3.05, 3.63) is 58.6 Å². The number of carbonyl (C=O) groups is 1. The van der Waals surface area contributed by atoms with Gasteiger partial charge in [-0.05, 0) is 62.8 Å². The molecular formula is C22H27ClN4O. The van der Waals surface area contributed by atoms with E-state index in [2.05, 4.69) is 22.9 Å². The number of fused-ring (bicyclic) bond motifs is 1. The number of para-hydroxylation sites is 1. The molecule has 1 atom stereocenters. The van der Waals surface area contributed by atoms with Gasteiger partial charge in [0.05, 0.1) is 10.6 Å². The van der Waals surface area contributed by atoms with Crippen LogP contribution in [0.2, 0.25) is 5.02 Å². The van der Waals surface area contributed by atoms with Gasteiger partial charge in [-0.25, -0.2) is 0 Å². The van der Waals surface area contributed by atoms with E-state index >= 15 is 0 Å². The number of likely N-dealkylation sites (tertiary alicyclic amines) is 1. The summed E-state index contributed by atoms with van der Waals surface area (Å²) >= 11 is 6.37. The molecule has 0 saturated carbocycles. The van der Waals surface area contributed by atoms with Crippen LogP contribution in [0.4, 0.5) is 11.4 Å². The molecule has 2 aliphatic rings. The normalized spacial score (nSPS) is 20.8. The van der Waals surface area contributed by atoms with Gasteiger partial charge < -0.3 is 15.5 Å². The fraction of sp³-hybridized carbons (Fsp3) is 0.409. The third kappa shape index (κ3) is 3.88. The van der Waals surface area contributed by atoms with Crippen molar-refractivity contribution < 1.29 is 4.79 Å². The largest absolute Gasteiger partial charge is 0.399 e. The van der Waals surface area contributed by atoms with Crippen molar-refractivity contribution in [3.63, 3.8) is 0 Å². The molecule has 2 aromatic carbocycles. The first-order valence-corrected chi connectivity index (χ1v) is 10.3. The van der Waals surface area contributed by atoms with Gasteiger partial charge >= 0.3 is 0 Å². The predicted molar refractivity (Wildman–Crippen MR) is 115 cm³/mol. The third-order valence-electron chi connectivity index (χ3n) is 5.86. The number of anilines is 2. The molecule has 1 saturated heterocycles. The first-order valence-electron chi connectivity index (χ1n) is 9.90. The highest BCUT2D eigenvalue weighted by molar-refractivity contribution is 6.34. The number of likely N-dealkylation sites (N-methyl/N-ethyl adjacent to an activating group) is 1. The molecule has 1 unspecified atom stereocenters. The first kappa shape index (κ1) is 19.2. The van der Waals surface area contributed by atoms with Crippen molar-refractivity contribution in [2.24, 2.45) is 0 Å². The maximum absolute atomic E-state index is 13.5. The smallest absolute Gasteiger partial charge is 0.259 e. The summed E-state index contributed by atoms with van der Waals surface area (Å²) in [7, 11) is 2.15. The van der Waals surface area contributed by atoms with E-state index in [1.54, 1.807) is 18.2 Å². The fourth-order valence-electron chi connectivity index (χ4n) is 4.26. The molecule has 0 radical (unpaired) electrons. The highest BCUT2D eigenvalue weighted by Crippen LogP contribution is 2.30. The Balaban J connectivity index is 1.68. The van der Waals surface area contributed by atoms with Gasteiger partial charge in [0.15, 0.2) is 0 Å². The lowest BCUT2D eigenvalue weighted by Crippen LogP contribution is -2.48. The van der Waals surface area contributed by atoms with Gasteiger partial charge in [-0.1, -0.05) is 29.8 Å². The van der Waals surface area contributed by atoms with Crippen molar-refractivity contribution >= 4 is 28.9 Å². The van der Waals surface area contributed by atoms with Crippen molar-refractivity contribution in [1.82, 2.24) is 9.80 Å². The predicted octanol–water partition coefficient (Wildman–Crippen LogP) is 3.48. The maximum Gasteiger partial charge on any atom is 0.259 e. The molecule has 6 heteroatoms. The zero-order valence-corrected chi connectivity index (χ0v) is 17.0. The quantitative estimate of drug-likeness (QED) is 0.804. The van der Waals surface area contributed by atoms with Gasteiger partial charge in [0, 0.05) is 37.1 Å². The number of rotatable bonds is 3. The van der Waals surface area contributed by atoms with Crippen LogP contribution in [0.3, 0.4) is 0 Å². The second-order valence-corrected chi connectivity index (χ2v) is 8.27. The van der Waals surface area contributed by atoms with Crippen LogP contribution in [0.1, 0.15) is 28.8 Å². The van der Waals surface area contributed by atoms with Crippen LogP contribution in [0, 0.1) is 0 Å². The summed E-state index contributed by atoms with van der Waals surface area (Å²) in [6.07, 6.45) is 2.53. The van der Waals surface area contributed by atoms with Crippen LogP contribution in [-0.4, -0.2) is 55.0 Å². The lowest BCUT2D eigenvalue weighted by molar-refractivity contribution is 0.0974. The Labute approximate surface area is 171 Å². The number of hydrogen-bond donors (Lipinski definition) is 1. The van der Waals surface area contributed by atoms with Crippen molar-refractivity contribution in [2.45, 2.75) is 25.4 Å². The van der Waals surface area contributed by atoms with Gasteiger partial charge in [0.1, 0.15) is 0 Å². The van der Waals surface area contributed by atoms with Gasteiger partial charge in [0.25, 0.3) is 5.91 Å². The van der Waals surface area contributed by atoms with E-state index in [9.17, 15) is 4.79 Å². The summed E-state index contributed by atoms with van der Waals surface area (Å²) in [5, 5.41) is 0.399. The summed E-state index contributed by atoms with van der Waals surface area (Å²) in [6, 6.07) is 13.5. The summed E-state index contributed by atoms with van der Waals surface area (Å²) in [6.45, 7) is 4.74. The molecule has 2 aromatic rings. The second-order valence-electron chi connectivity index (χ2n) is 7.86. The number of nitrogens with two attached hydrogens (primary N) is 1. The number of nitrogen functional groups attached to an aromatic ring is 1. The zero-order valence-electron chi connectivity index (χ0n) is 16.3. The molecule has 1 amide bonds. The average molecular weight is 399 g/mol. The van der Waals surface area contributed by atoms with Crippen LogP contribution >= 0.6 is 11.6 Å². The van der Waals surface area contributed by atoms with Gasteiger partial charge in [-0.3, -0.25) is 9.69 Å².